The van der Waals surface area contributed by atoms with E-state index in [1.165, 1.54) is 11.0 Å². The molecule has 2 fully saturated rings. The Morgan fingerprint density at radius 3 is 2.21 bits per heavy atom. The molecule has 2 saturated heterocycles. The smallest absolute Gasteiger partial charge is 0.416 e. The Balaban J connectivity index is 1.82. The number of benzene rings is 1. The lowest BCUT2D eigenvalue weighted by molar-refractivity contribution is -0.137. The van der Waals surface area contributed by atoms with Crippen molar-refractivity contribution in [2.24, 2.45) is 0 Å². The van der Waals surface area contributed by atoms with E-state index in [2.05, 4.69) is 0 Å². The van der Waals surface area contributed by atoms with Crippen molar-refractivity contribution >= 4 is 12.0 Å². The standard InChI is InChI=1S/C18H22F3N3O4/c19-18(20,21)14-1-2-15(16(25)23-7-9-28-10-8-23)13(11-14)12-22-3-5-24(6-4-22)17(26)27/h1-2,11H,3-10,12H2,(H,26,27). The van der Waals surface area contributed by atoms with E-state index in [0.717, 1.165) is 12.1 Å². The predicted octanol–water partition coefficient (Wildman–Crippen LogP) is 1.97. The van der Waals surface area contributed by atoms with Gasteiger partial charge in [0.1, 0.15) is 0 Å². The van der Waals surface area contributed by atoms with Gasteiger partial charge in [0, 0.05) is 51.4 Å². The Morgan fingerprint density at radius 2 is 1.64 bits per heavy atom. The average Bonchev–Trinajstić information content (AvgIpc) is 2.68. The molecule has 2 aliphatic rings. The lowest BCUT2D eigenvalue weighted by atomic mass is 10.0. The Labute approximate surface area is 160 Å². The number of carboxylic acid groups (broad SMARTS) is 1. The molecule has 28 heavy (non-hydrogen) atoms. The Bertz CT molecular complexity index is 727. The van der Waals surface area contributed by atoms with Crippen molar-refractivity contribution in [1.82, 2.24) is 14.7 Å². The first kappa shape index (κ1) is 20.4. The second-order valence-electron chi connectivity index (χ2n) is 6.82. The summed E-state index contributed by atoms with van der Waals surface area (Å²) in [7, 11) is 0. The van der Waals surface area contributed by atoms with Crippen LogP contribution in [0.5, 0.6) is 0 Å². The van der Waals surface area contributed by atoms with Gasteiger partial charge in [-0.15, -0.1) is 0 Å². The second kappa shape index (κ2) is 8.36. The molecule has 0 atom stereocenters. The molecule has 1 aromatic carbocycles. The zero-order chi connectivity index (χ0) is 20.3. The Hall–Kier alpha value is -2.33. The van der Waals surface area contributed by atoms with Crippen LogP contribution in [0.1, 0.15) is 21.5 Å². The van der Waals surface area contributed by atoms with Crippen LogP contribution in [0, 0.1) is 0 Å². The van der Waals surface area contributed by atoms with E-state index in [9.17, 15) is 22.8 Å². The van der Waals surface area contributed by atoms with Gasteiger partial charge in [-0.3, -0.25) is 9.69 Å². The summed E-state index contributed by atoms with van der Waals surface area (Å²) in [4.78, 5) is 28.6. The minimum Gasteiger partial charge on any atom is -0.465 e. The number of nitrogens with zero attached hydrogens (tertiary/aromatic N) is 3. The summed E-state index contributed by atoms with van der Waals surface area (Å²) in [6, 6.07) is 3.19. The van der Waals surface area contributed by atoms with Crippen LogP contribution in [0.3, 0.4) is 0 Å². The molecule has 0 radical (unpaired) electrons. The van der Waals surface area contributed by atoms with E-state index in [0.29, 0.717) is 45.0 Å². The number of rotatable bonds is 3. The number of carbonyl (C=O) groups is 2. The van der Waals surface area contributed by atoms with Crippen LogP contribution in [-0.4, -0.2) is 84.3 Å². The normalized spacial score (nSPS) is 19.0. The number of piperazine rings is 1. The monoisotopic (exact) mass is 401 g/mol. The lowest BCUT2D eigenvalue weighted by Gasteiger charge is -2.34. The summed E-state index contributed by atoms with van der Waals surface area (Å²) >= 11 is 0. The largest absolute Gasteiger partial charge is 0.465 e. The van der Waals surface area contributed by atoms with Crippen LogP contribution < -0.4 is 0 Å². The van der Waals surface area contributed by atoms with Crippen LogP contribution >= 0.6 is 0 Å². The maximum Gasteiger partial charge on any atom is 0.416 e. The fourth-order valence-corrected chi connectivity index (χ4v) is 3.38. The first-order valence-electron chi connectivity index (χ1n) is 9.03. The summed E-state index contributed by atoms with van der Waals surface area (Å²) in [5, 5.41) is 9.02. The number of ether oxygens (including phenoxy) is 1. The van der Waals surface area contributed by atoms with Gasteiger partial charge in [0.2, 0.25) is 0 Å². The molecule has 0 spiro atoms. The van der Waals surface area contributed by atoms with Crippen LogP contribution in [0.15, 0.2) is 18.2 Å². The lowest BCUT2D eigenvalue weighted by Crippen LogP contribution is -2.48. The molecule has 0 saturated carbocycles. The highest BCUT2D eigenvalue weighted by Crippen LogP contribution is 2.31. The van der Waals surface area contributed by atoms with Gasteiger partial charge in [0.25, 0.3) is 5.91 Å². The molecule has 154 valence electrons. The molecule has 0 unspecified atom stereocenters. The van der Waals surface area contributed by atoms with Crippen LogP contribution in [0.25, 0.3) is 0 Å². The van der Waals surface area contributed by atoms with Gasteiger partial charge in [-0.2, -0.15) is 13.2 Å². The highest BCUT2D eigenvalue weighted by atomic mass is 19.4. The summed E-state index contributed by atoms with van der Waals surface area (Å²) in [6.45, 7) is 3.11. The molecular formula is C18H22F3N3O4. The number of carbonyl (C=O) groups excluding carboxylic acids is 1. The maximum absolute atomic E-state index is 13.2. The zero-order valence-corrected chi connectivity index (χ0v) is 15.2. The highest BCUT2D eigenvalue weighted by Gasteiger charge is 2.32. The molecule has 7 nitrogen and oxygen atoms in total. The topological polar surface area (TPSA) is 73.3 Å². The molecule has 3 rings (SSSR count). The third-order valence-electron chi connectivity index (χ3n) is 5.00. The van der Waals surface area contributed by atoms with Gasteiger partial charge in [-0.05, 0) is 23.8 Å². The van der Waals surface area contributed by atoms with Crippen molar-refractivity contribution in [2.75, 3.05) is 52.5 Å². The molecule has 1 N–H and O–H groups in total. The third kappa shape index (κ3) is 4.74. The molecule has 0 aliphatic carbocycles. The number of halogens is 3. The minimum atomic E-state index is -4.50. The summed E-state index contributed by atoms with van der Waals surface area (Å²) in [5.41, 5.74) is -0.254. The van der Waals surface area contributed by atoms with E-state index in [1.54, 1.807) is 4.90 Å². The summed E-state index contributed by atoms with van der Waals surface area (Å²) < 4.78 is 44.8. The van der Waals surface area contributed by atoms with Gasteiger partial charge >= 0.3 is 12.3 Å². The molecular weight excluding hydrogens is 379 g/mol. The van der Waals surface area contributed by atoms with Gasteiger partial charge < -0.3 is 19.6 Å². The van der Waals surface area contributed by atoms with E-state index in [-0.39, 0.29) is 31.1 Å². The molecule has 1 aromatic rings. The molecule has 10 heteroatoms. The van der Waals surface area contributed by atoms with Gasteiger partial charge in [0.15, 0.2) is 0 Å². The zero-order valence-electron chi connectivity index (χ0n) is 15.2. The van der Waals surface area contributed by atoms with Crippen molar-refractivity contribution in [2.45, 2.75) is 12.7 Å². The number of hydrogen-bond acceptors (Lipinski definition) is 4. The number of hydrogen-bond donors (Lipinski definition) is 1. The first-order chi connectivity index (χ1) is 13.3. The van der Waals surface area contributed by atoms with Gasteiger partial charge in [0.05, 0.1) is 18.8 Å². The van der Waals surface area contributed by atoms with Crippen LogP contribution in [-0.2, 0) is 17.5 Å². The molecule has 2 aliphatic heterocycles. The van der Waals surface area contributed by atoms with E-state index < -0.39 is 17.8 Å². The molecule has 2 heterocycles. The molecule has 2 amide bonds. The van der Waals surface area contributed by atoms with E-state index in [1.807, 2.05) is 4.90 Å². The van der Waals surface area contributed by atoms with Crippen molar-refractivity contribution in [3.63, 3.8) is 0 Å². The number of amides is 2. The van der Waals surface area contributed by atoms with Gasteiger partial charge in [-0.1, -0.05) is 0 Å². The van der Waals surface area contributed by atoms with E-state index in [4.69, 9.17) is 9.84 Å². The van der Waals surface area contributed by atoms with Crippen LogP contribution in [0.2, 0.25) is 0 Å². The highest BCUT2D eigenvalue weighted by molar-refractivity contribution is 5.96. The fraction of sp³-hybridized carbons (Fsp3) is 0.556. The van der Waals surface area contributed by atoms with E-state index >= 15 is 0 Å². The predicted molar refractivity (Wildman–Crippen MR) is 93.0 cm³/mol. The SMILES string of the molecule is O=C(O)N1CCN(Cc2cc(C(F)(F)F)ccc2C(=O)N2CCOCC2)CC1. The maximum atomic E-state index is 13.2. The summed E-state index contributed by atoms with van der Waals surface area (Å²) in [6.07, 6.45) is -5.51. The van der Waals surface area contributed by atoms with Crippen LogP contribution in [0.4, 0.5) is 18.0 Å². The first-order valence-corrected chi connectivity index (χ1v) is 9.03. The van der Waals surface area contributed by atoms with Gasteiger partial charge in [-0.25, -0.2) is 4.79 Å². The number of alkyl halides is 3. The minimum absolute atomic E-state index is 0.156. The summed E-state index contributed by atoms with van der Waals surface area (Å²) in [5.74, 6) is -0.309. The van der Waals surface area contributed by atoms with Crippen molar-refractivity contribution < 1.29 is 32.6 Å². The number of morpholine rings is 1. The third-order valence-corrected chi connectivity index (χ3v) is 5.00. The molecule has 0 bridgehead atoms. The van der Waals surface area contributed by atoms with Crippen molar-refractivity contribution in [3.8, 4) is 0 Å². The molecule has 0 aromatic heterocycles. The van der Waals surface area contributed by atoms with Crippen molar-refractivity contribution in [3.05, 3.63) is 34.9 Å². The Morgan fingerprint density at radius 1 is 1.00 bits per heavy atom. The average molecular weight is 401 g/mol. The fourth-order valence-electron chi connectivity index (χ4n) is 3.38. The quantitative estimate of drug-likeness (QED) is 0.839. The van der Waals surface area contributed by atoms with Crippen molar-refractivity contribution in [1.29, 1.82) is 0 Å². The Kier molecular flexibility index (Phi) is 6.09. The second-order valence-corrected chi connectivity index (χ2v) is 6.82.